The predicted molar refractivity (Wildman–Crippen MR) is 134 cm³/mol. The first kappa shape index (κ1) is 23.8. The van der Waals surface area contributed by atoms with E-state index in [2.05, 4.69) is 11.8 Å². The van der Waals surface area contributed by atoms with Crippen molar-refractivity contribution in [1.82, 2.24) is 9.88 Å². The van der Waals surface area contributed by atoms with E-state index in [4.69, 9.17) is 19.2 Å². The quantitative estimate of drug-likeness (QED) is 0.415. The Morgan fingerprint density at radius 2 is 1.82 bits per heavy atom. The maximum Gasteiger partial charge on any atom is 0.260 e. The number of thioether (sulfide) groups is 1. The van der Waals surface area contributed by atoms with Gasteiger partial charge in [0.15, 0.2) is 5.13 Å². The molecule has 176 valence electrons. The molecule has 1 aliphatic rings. The van der Waals surface area contributed by atoms with E-state index >= 15 is 0 Å². The molecule has 1 fully saturated rings. The molecule has 7 nitrogen and oxygen atoms in total. The van der Waals surface area contributed by atoms with Gasteiger partial charge in [0.05, 0.1) is 27.4 Å². The second kappa shape index (κ2) is 11.2. The minimum atomic E-state index is -0.0618. The Hall–Kier alpha value is -2.33. The molecule has 0 saturated carbocycles. The van der Waals surface area contributed by atoms with Crippen LogP contribution in [0.3, 0.4) is 0 Å². The number of ether oxygens (including phenoxy) is 3. The average Bonchev–Trinajstić information content (AvgIpc) is 3.30. The van der Waals surface area contributed by atoms with Crippen molar-refractivity contribution in [2.75, 3.05) is 64.3 Å². The lowest BCUT2D eigenvalue weighted by Crippen LogP contribution is -2.43. The van der Waals surface area contributed by atoms with E-state index in [-0.39, 0.29) is 5.91 Å². The number of nitrogens with zero attached hydrogens (tertiary/aromatic N) is 3. The van der Waals surface area contributed by atoms with Gasteiger partial charge in [-0.1, -0.05) is 18.3 Å². The Labute approximate surface area is 202 Å². The molecule has 33 heavy (non-hydrogen) atoms. The molecule has 0 radical (unpaired) electrons. The van der Waals surface area contributed by atoms with Crippen LogP contribution >= 0.6 is 23.1 Å². The first-order valence-electron chi connectivity index (χ1n) is 11.0. The van der Waals surface area contributed by atoms with E-state index in [9.17, 15) is 4.79 Å². The number of methoxy groups -OCH3 is 2. The second-order valence-electron chi connectivity index (χ2n) is 7.51. The summed E-state index contributed by atoms with van der Waals surface area (Å²) in [5.74, 6) is 2.31. The minimum absolute atomic E-state index is 0.0618. The molecule has 9 heteroatoms. The predicted octanol–water partition coefficient (Wildman–Crippen LogP) is 4.40. The fourth-order valence-electron chi connectivity index (χ4n) is 3.76. The smallest absolute Gasteiger partial charge is 0.260 e. The van der Waals surface area contributed by atoms with E-state index in [1.807, 2.05) is 36.4 Å². The Morgan fingerprint density at radius 1 is 1.12 bits per heavy atom. The number of fused-ring (bicyclic) bond motifs is 1. The number of hydrogen-bond acceptors (Lipinski definition) is 8. The second-order valence-corrected chi connectivity index (χ2v) is 9.83. The molecule has 1 aliphatic heterocycles. The number of amides is 1. The van der Waals surface area contributed by atoms with Crippen LogP contribution in [0.5, 0.6) is 11.5 Å². The van der Waals surface area contributed by atoms with Crippen LogP contribution in [0.15, 0.2) is 41.3 Å². The normalized spacial score (nSPS) is 14.4. The van der Waals surface area contributed by atoms with E-state index in [0.717, 1.165) is 53.9 Å². The molecule has 3 aromatic rings. The zero-order valence-electron chi connectivity index (χ0n) is 19.2. The number of rotatable bonds is 9. The van der Waals surface area contributed by atoms with Gasteiger partial charge in [-0.05, 0) is 42.2 Å². The van der Waals surface area contributed by atoms with E-state index in [0.29, 0.717) is 28.5 Å². The molecule has 1 amide bonds. The van der Waals surface area contributed by atoms with E-state index < -0.39 is 0 Å². The standard InChI is InChI=1S/C24H29N3O4S2/c1-4-32-18-7-5-17(6-8-18)23(28)27(12-11-26-13-15-31-16-14-26)24-25-21-19(29-2)9-10-20(30-3)22(21)33-24/h5-10H,4,11-16H2,1-3H3. The van der Waals surface area contributed by atoms with Crippen molar-refractivity contribution in [3.63, 3.8) is 0 Å². The molecule has 0 bridgehead atoms. The van der Waals surface area contributed by atoms with Gasteiger partial charge in [0.2, 0.25) is 0 Å². The van der Waals surface area contributed by atoms with Crippen LogP contribution in [0.4, 0.5) is 5.13 Å². The van der Waals surface area contributed by atoms with Crippen molar-refractivity contribution < 1.29 is 19.0 Å². The monoisotopic (exact) mass is 487 g/mol. The highest BCUT2D eigenvalue weighted by molar-refractivity contribution is 7.99. The number of thiazole rings is 1. The lowest BCUT2D eigenvalue weighted by molar-refractivity contribution is 0.0391. The highest BCUT2D eigenvalue weighted by Crippen LogP contribution is 2.40. The summed E-state index contributed by atoms with van der Waals surface area (Å²) in [5.41, 5.74) is 1.35. The Bertz CT molecular complexity index is 1040. The fourth-order valence-corrected chi connectivity index (χ4v) is 5.52. The third-order valence-electron chi connectivity index (χ3n) is 5.53. The summed E-state index contributed by atoms with van der Waals surface area (Å²) in [7, 11) is 3.26. The molecule has 1 aromatic heterocycles. The number of carbonyl (C=O) groups is 1. The van der Waals surface area contributed by atoms with E-state index in [1.165, 1.54) is 11.3 Å². The van der Waals surface area contributed by atoms with Crippen molar-refractivity contribution in [1.29, 1.82) is 0 Å². The fraction of sp³-hybridized carbons (Fsp3) is 0.417. The third kappa shape index (κ3) is 5.43. The van der Waals surface area contributed by atoms with Gasteiger partial charge in [0, 0.05) is 36.6 Å². The molecule has 1 saturated heterocycles. The first-order chi connectivity index (χ1) is 16.1. The molecule has 0 aliphatic carbocycles. The van der Waals surface area contributed by atoms with Crippen molar-refractivity contribution in [3.05, 3.63) is 42.0 Å². The highest BCUT2D eigenvalue weighted by atomic mass is 32.2. The summed E-state index contributed by atoms with van der Waals surface area (Å²) in [4.78, 5) is 23.7. The molecule has 0 N–H and O–H groups in total. The SMILES string of the molecule is CCSc1ccc(C(=O)N(CCN2CCOCC2)c2nc3c(OC)ccc(OC)c3s2)cc1. The van der Waals surface area contributed by atoms with Crippen LogP contribution in [0.25, 0.3) is 10.2 Å². The zero-order chi connectivity index (χ0) is 23.2. The maximum atomic E-state index is 13.7. The van der Waals surface area contributed by atoms with Crippen molar-refractivity contribution in [2.24, 2.45) is 0 Å². The van der Waals surface area contributed by atoms with Gasteiger partial charge >= 0.3 is 0 Å². The summed E-state index contributed by atoms with van der Waals surface area (Å²) in [6.45, 7) is 6.59. The molecule has 4 rings (SSSR count). The van der Waals surface area contributed by atoms with Gasteiger partial charge in [-0.15, -0.1) is 11.8 Å². The Morgan fingerprint density at radius 3 is 2.48 bits per heavy atom. The maximum absolute atomic E-state index is 13.7. The Kier molecular flexibility index (Phi) is 8.08. The summed E-state index contributed by atoms with van der Waals surface area (Å²) in [5, 5.41) is 0.637. The topological polar surface area (TPSA) is 64.1 Å². The summed E-state index contributed by atoms with van der Waals surface area (Å²) < 4.78 is 17.4. The van der Waals surface area contributed by atoms with Crippen LogP contribution < -0.4 is 14.4 Å². The van der Waals surface area contributed by atoms with Crippen LogP contribution in [0, 0.1) is 0 Å². The molecule has 2 aromatic carbocycles. The first-order valence-corrected chi connectivity index (χ1v) is 12.8. The van der Waals surface area contributed by atoms with Gasteiger partial charge in [-0.3, -0.25) is 14.6 Å². The van der Waals surface area contributed by atoms with Gasteiger partial charge < -0.3 is 14.2 Å². The average molecular weight is 488 g/mol. The van der Waals surface area contributed by atoms with Crippen LogP contribution in [-0.2, 0) is 4.74 Å². The van der Waals surface area contributed by atoms with Gasteiger partial charge in [-0.2, -0.15) is 0 Å². The van der Waals surface area contributed by atoms with Crippen molar-refractivity contribution in [3.8, 4) is 11.5 Å². The van der Waals surface area contributed by atoms with Crippen LogP contribution in [0.2, 0.25) is 0 Å². The highest BCUT2D eigenvalue weighted by Gasteiger charge is 2.24. The van der Waals surface area contributed by atoms with Crippen molar-refractivity contribution >= 4 is 44.4 Å². The summed E-state index contributed by atoms with van der Waals surface area (Å²) >= 11 is 3.21. The van der Waals surface area contributed by atoms with Crippen molar-refractivity contribution in [2.45, 2.75) is 11.8 Å². The summed E-state index contributed by atoms with van der Waals surface area (Å²) in [6.07, 6.45) is 0. The number of morpholine rings is 1. The van der Waals surface area contributed by atoms with Gasteiger partial charge in [0.25, 0.3) is 5.91 Å². The molecular formula is C24H29N3O4S2. The van der Waals surface area contributed by atoms with Crippen LogP contribution in [-0.4, -0.2) is 75.2 Å². The number of hydrogen-bond donors (Lipinski definition) is 0. The molecule has 0 spiro atoms. The van der Waals surface area contributed by atoms with Crippen LogP contribution in [0.1, 0.15) is 17.3 Å². The third-order valence-corrected chi connectivity index (χ3v) is 7.52. The Balaban J connectivity index is 1.67. The molecular weight excluding hydrogens is 458 g/mol. The largest absolute Gasteiger partial charge is 0.495 e. The zero-order valence-corrected chi connectivity index (χ0v) is 20.8. The van der Waals surface area contributed by atoms with Gasteiger partial charge in [0.1, 0.15) is 21.7 Å². The number of aromatic nitrogens is 1. The molecule has 2 heterocycles. The lowest BCUT2D eigenvalue weighted by atomic mass is 10.2. The summed E-state index contributed by atoms with van der Waals surface area (Å²) in [6, 6.07) is 11.5. The number of carbonyl (C=O) groups excluding carboxylic acids is 1. The van der Waals surface area contributed by atoms with Gasteiger partial charge in [-0.25, -0.2) is 4.98 Å². The number of anilines is 1. The van der Waals surface area contributed by atoms with E-state index in [1.54, 1.807) is 30.9 Å². The molecule has 0 unspecified atom stereocenters. The molecule has 0 atom stereocenters. The number of benzene rings is 2. The minimum Gasteiger partial charge on any atom is -0.495 e. The lowest BCUT2D eigenvalue weighted by Gasteiger charge is -2.29.